The summed E-state index contributed by atoms with van der Waals surface area (Å²) in [5.74, 6) is -4.84. The van der Waals surface area contributed by atoms with E-state index in [1.54, 1.807) is 13.8 Å². The highest BCUT2D eigenvalue weighted by Gasteiger charge is 2.39. The van der Waals surface area contributed by atoms with Gasteiger partial charge in [-0.2, -0.15) is 0 Å². The Labute approximate surface area is 221 Å². The van der Waals surface area contributed by atoms with Gasteiger partial charge in [-0.05, 0) is 43.9 Å². The summed E-state index contributed by atoms with van der Waals surface area (Å²) in [6.45, 7) is 6.37. The number of aliphatic hydroxyl groups is 1. The third-order valence-electron chi connectivity index (χ3n) is 6.47. The monoisotopic (exact) mass is 526 g/mol. The molecule has 1 aromatic heterocycles. The minimum atomic E-state index is -1.37. The van der Waals surface area contributed by atoms with E-state index in [-0.39, 0.29) is 17.9 Å². The number of hydrogen-bond donors (Lipinski definition) is 5. The second-order valence-corrected chi connectivity index (χ2v) is 9.81. The van der Waals surface area contributed by atoms with Crippen molar-refractivity contribution < 1.29 is 34.1 Å². The van der Waals surface area contributed by atoms with Crippen molar-refractivity contribution in [2.24, 2.45) is 11.8 Å². The van der Waals surface area contributed by atoms with Crippen LogP contribution in [0.25, 0.3) is 0 Å². The normalized spacial score (nSPS) is 26.8. The Morgan fingerprint density at radius 2 is 1.74 bits per heavy atom. The number of rotatable bonds is 5. The van der Waals surface area contributed by atoms with Crippen LogP contribution in [0, 0.1) is 11.8 Å². The quantitative estimate of drug-likeness (QED) is 0.355. The highest BCUT2D eigenvalue weighted by molar-refractivity contribution is 5.98. The molecule has 3 amide bonds. The molecule has 1 aliphatic rings. The van der Waals surface area contributed by atoms with Gasteiger partial charge in [-0.15, -0.1) is 0 Å². The maximum atomic E-state index is 13.6. The minimum absolute atomic E-state index is 0.182. The maximum Gasteiger partial charge on any atom is 0.312 e. The SMILES string of the molecule is CC(C)C1OC(=O)[C@H](C)[C@H](O)[C@H](Cc2ccccc2)NC(=O)C(NC(=O)c2ncccc2O)[C@@H](C)NC1=O. The highest BCUT2D eigenvalue weighted by atomic mass is 16.5. The number of esters is 1. The van der Waals surface area contributed by atoms with E-state index in [0.717, 1.165) is 5.56 Å². The number of aromatic hydroxyl groups is 1. The van der Waals surface area contributed by atoms with Crippen molar-refractivity contribution in [3.63, 3.8) is 0 Å². The Balaban J connectivity index is 1.99. The van der Waals surface area contributed by atoms with Crippen LogP contribution < -0.4 is 16.0 Å². The predicted molar refractivity (Wildman–Crippen MR) is 137 cm³/mol. The van der Waals surface area contributed by atoms with Crippen LogP contribution in [0.1, 0.15) is 43.7 Å². The van der Waals surface area contributed by atoms with Gasteiger partial charge in [0.05, 0.1) is 24.1 Å². The fraction of sp³-hybridized carbons (Fsp3) is 0.444. The maximum absolute atomic E-state index is 13.6. The number of amides is 3. The minimum Gasteiger partial charge on any atom is -0.505 e. The van der Waals surface area contributed by atoms with Crippen molar-refractivity contribution in [3.05, 3.63) is 59.9 Å². The summed E-state index contributed by atoms with van der Waals surface area (Å²) >= 11 is 0. The molecule has 6 atom stereocenters. The van der Waals surface area contributed by atoms with Gasteiger partial charge >= 0.3 is 5.97 Å². The Morgan fingerprint density at radius 1 is 1.05 bits per heavy atom. The molecular weight excluding hydrogens is 492 g/mol. The first-order chi connectivity index (χ1) is 18.0. The fourth-order valence-corrected chi connectivity index (χ4v) is 4.20. The van der Waals surface area contributed by atoms with Crippen LogP contribution in [-0.2, 0) is 25.5 Å². The van der Waals surface area contributed by atoms with Gasteiger partial charge in [-0.3, -0.25) is 19.2 Å². The molecule has 1 aromatic carbocycles. The number of carbonyl (C=O) groups is 4. The van der Waals surface area contributed by atoms with E-state index in [1.807, 2.05) is 30.3 Å². The summed E-state index contributed by atoms with van der Waals surface area (Å²) in [5.41, 5.74) is 0.498. The summed E-state index contributed by atoms with van der Waals surface area (Å²) < 4.78 is 5.50. The van der Waals surface area contributed by atoms with Crippen LogP contribution in [0.2, 0.25) is 0 Å². The summed E-state index contributed by atoms with van der Waals surface area (Å²) in [6, 6.07) is 8.58. The van der Waals surface area contributed by atoms with Gasteiger partial charge in [-0.25, -0.2) is 4.98 Å². The van der Waals surface area contributed by atoms with Crippen molar-refractivity contribution >= 4 is 23.7 Å². The molecule has 0 aliphatic carbocycles. The van der Waals surface area contributed by atoms with E-state index in [1.165, 1.54) is 32.2 Å². The van der Waals surface area contributed by atoms with E-state index < -0.39 is 65.9 Å². The average Bonchev–Trinajstić information content (AvgIpc) is 2.88. The largest absolute Gasteiger partial charge is 0.505 e. The van der Waals surface area contributed by atoms with Gasteiger partial charge in [0.1, 0.15) is 11.8 Å². The average molecular weight is 527 g/mol. The summed E-state index contributed by atoms with van der Waals surface area (Å²) in [6.07, 6.45) is -1.06. The van der Waals surface area contributed by atoms with Crippen LogP contribution in [0.15, 0.2) is 48.7 Å². The topological polar surface area (TPSA) is 167 Å². The molecule has 2 heterocycles. The lowest BCUT2D eigenvalue weighted by molar-refractivity contribution is -0.166. The van der Waals surface area contributed by atoms with Gasteiger partial charge in [0.2, 0.25) is 5.91 Å². The van der Waals surface area contributed by atoms with E-state index in [0.29, 0.717) is 0 Å². The number of aromatic nitrogens is 1. The zero-order chi connectivity index (χ0) is 28.0. The molecular formula is C27H34N4O7. The third kappa shape index (κ3) is 6.86. The molecule has 0 spiro atoms. The third-order valence-corrected chi connectivity index (χ3v) is 6.47. The first-order valence-corrected chi connectivity index (χ1v) is 12.5. The van der Waals surface area contributed by atoms with Gasteiger partial charge in [-0.1, -0.05) is 44.2 Å². The number of hydrogen-bond acceptors (Lipinski definition) is 8. The summed E-state index contributed by atoms with van der Waals surface area (Å²) in [4.78, 5) is 56.3. The lowest BCUT2D eigenvalue weighted by Gasteiger charge is -2.34. The molecule has 3 rings (SSSR count). The van der Waals surface area contributed by atoms with Crippen molar-refractivity contribution in [2.45, 2.75) is 64.4 Å². The van der Waals surface area contributed by atoms with E-state index in [9.17, 15) is 29.4 Å². The molecule has 0 radical (unpaired) electrons. The lowest BCUT2D eigenvalue weighted by atomic mass is 9.92. The lowest BCUT2D eigenvalue weighted by Crippen LogP contribution is -2.62. The molecule has 11 heteroatoms. The Hall–Kier alpha value is -3.99. The van der Waals surface area contributed by atoms with E-state index in [4.69, 9.17) is 4.74 Å². The molecule has 204 valence electrons. The van der Waals surface area contributed by atoms with Gasteiger partial charge < -0.3 is 30.9 Å². The molecule has 11 nitrogen and oxygen atoms in total. The van der Waals surface area contributed by atoms with Gasteiger partial charge in [0, 0.05) is 6.20 Å². The number of cyclic esters (lactones) is 1. The van der Waals surface area contributed by atoms with Crippen LogP contribution >= 0.6 is 0 Å². The summed E-state index contributed by atoms with van der Waals surface area (Å²) in [7, 11) is 0. The smallest absolute Gasteiger partial charge is 0.312 e. The summed E-state index contributed by atoms with van der Waals surface area (Å²) in [5, 5.41) is 29.1. The number of carbonyl (C=O) groups excluding carboxylic acids is 4. The Kier molecular flexibility index (Phi) is 9.40. The fourth-order valence-electron chi connectivity index (χ4n) is 4.20. The number of aliphatic hydroxyl groups excluding tert-OH is 1. The second kappa shape index (κ2) is 12.5. The van der Waals surface area contributed by atoms with Crippen molar-refractivity contribution in [2.75, 3.05) is 0 Å². The number of ether oxygens (including phenoxy) is 1. The molecule has 5 N–H and O–H groups in total. The zero-order valence-electron chi connectivity index (χ0n) is 21.8. The zero-order valence-corrected chi connectivity index (χ0v) is 21.8. The number of nitrogens with zero attached hydrogens (tertiary/aromatic N) is 1. The molecule has 2 unspecified atom stereocenters. The number of nitrogens with one attached hydrogen (secondary N) is 3. The van der Waals surface area contributed by atoms with Crippen molar-refractivity contribution in [1.82, 2.24) is 20.9 Å². The molecule has 2 aromatic rings. The molecule has 1 fully saturated rings. The molecule has 1 aliphatic heterocycles. The molecule has 0 saturated carbocycles. The van der Waals surface area contributed by atoms with Crippen molar-refractivity contribution in [3.8, 4) is 5.75 Å². The number of benzene rings is 1. The Morgan fingerprint density at radius 3 is 2.37 bits per heavy atom. The van der Waals surface area contributed by atoms with Crippen molar-refractivity contribution in [1.29, 1.82) is 0 Å². The number of pyridine rings is 1. The van der Waals surface area contributed by atoms with Crippen LogP contribution in [-0.4, -0.2) is 69.2 Å². The van der Waals surface area contributed by atoms with Crippen LogP contribution in [0.4, 0.5) is 0 Å². The van der Waals surface area contributed by atoms with E-state index >= 15 is 0 Å². The second-order valence-electron chi connectivity index (χ2n) is 9.81. The first-order valence-electron chi connectivity index (χ1n) is 12.5. The van der Waals surface area contributed by atoms with Gasteiger partial charge in [0.25, 0.3) is 11.8 Å². The van der Waals surface area contributed by atoms with E-state index in [2.05, 4.69) is 20.9 Å². The Bertz CT molecular complexity index is 1160. The predicted octanol–water partition coefficient (Wildman–Crippen LogP) is 0.696. The molecule has 1 saturated heterocycles. The van der Waals surface area contributed by atoms with Crippen LogP contribution in [0.3, 0.4) is 0 Å². The highest BCUT2D eigenvalue weighted by Crippen LogP contribution is 2.19. The van der Waals surface area contributed by atoms with Gasteiger partial charge in [0.15, 0.2) is 11.8 Å². The van der Waals surface area contributed by atoms with Crippen LogP contribution in [0.5, 0.6) is 5.75 Å². The molecule has 38 heavy (non-hydrogen) atoms. The molecule has 0 bridgehead atoms. The first kappa shape index (κ1) is 28.6. The standard InChI is InChI=1S/C27H34N4O7/c1-14(2)23-26(36)29-16(4)20(31-25(35)21-19(32)11-8-12-28-21)24(34)30-18(13-17-9-6-5-7-10-17)22(33)15(3)27(37)38-23/h5-12,14-16,18,20,22-23,32-33H,13H2,1-4H3,(H,29,36)(H,30,34)(H,31,35)/t15-,16-,18+,20?,22+,23?/m1/s1.